The van der Waals surface area contributed by atoms with Gasteiger partial charge in [0.2, 0.25) is 10.0 Å². The summed E-state index contributed by atoms with van der Waals surface area (Å²) in [6.07, 6.45) is 0. The van der Waals surface area contributed by atoms with Crippen LogP contribution in [0.1, 0.15) is 15.9 Å². The number of halogens is 1. The van der Waals surface area contributed by atoms with Crippen molar-refractivity contribution in [1.82, 2.24) is 4.31 Å². The number of sulfonamides is 1. The molecule has 0 saturated carbocycles. The zero-order valence-corrected chi connectivity index (χ0v) is 15.8. The Morgan fingerprint density at radius 2 is 1.88 bits per heavy atom. The molecular formula is C18H19ClN2O4S. The molecule has 0 bridgehead atoms. The molecule has 26 heavy (non-hydrogen) atoms. The van der Waals surface area contributed by atoms with E-state index < -0.39 is 10.0 Å². The highest BCUT2D eigenvalue weighted by molar-refractivity contribution is 7.89. The molecule has 1 aliphatic rings. The van der Waals surface area contributed by atoms with Crippen molar-refractivity contribution >= 4 is 33.2 Å². The zero-order valence-electron chi connectivity index (χ0n) is 14.2. The van der Waals surface area contributed by atoms with Crippen molar-refractivity contribution in [2.45, 2.75) is 11.8 Å². The molecule has 2 aromatic carbocycles. The molecule has 1 fully saturated rings. The minimum Gasteiger partial charge on any atom is -0.379 e. The second-order valence-corrected chi connectivity index (χ2v) is 8.33. The largest absolute Gasteiger partial charge is 0.379 e. The Balaban J connectivity index is 1.83. The van der Waals surface area contributed by atoms with Gasteiger partial charge in [0.1, 0.15) is 0 Å². The van der Waals surface area contributed by atoms with Gasteiger partial charge >= 0.3 is 0 Å². The first-order valence-electron chi connectivity index (χ1n) is 8.13. The summed E-state index contributed by atoms with van der Waals surface area (Å²) >= 11 is 5.92. The van der Waals surface area contributed by atoms with Crippen molar-refractivity contribution in [3.05, 3.63) is 58.6 Å². The van der Waals surface area contributed by atoms with Gasteiger partial charge in [-0.2, -0.15) is 4.31 Å². The van der Waals surface area contributed by atoms with Crippen LogP contribution in [-0.4, -0.2) is 44.9 Å². The number of aryl methyl sites for hydroxylation is 1. The summed E-state index contributed by atoms with van der Waals surface area (Å²) in [4.78, 5) is 12.6. The number of rotatable bonds is 4. The third-order valence-electron chi connectivity index (χ3n) is 4.14. The van der Waals surface area contributed by atoms with Gasteiger partial charge < -0.3 is 10.1 Å². The number of carbonyl (C=O) groups excluding carboxylic acids is 1. The average Bonchev–Trinajstić information content (AvgIpc) is 2.65. The number of anilines is 1. The van der Waals surface area contributed by atoms with Crippen molar-refractivity contribution in [2.75, 3.05) is 31.6 Å². The summed E-state index contributed by atoms with van der Waals surface area (Å²) in [6.45, 7) is 3.19. The van der Waals surface area contributed by atoms with E-state index in [1.165, 1.54) is 16.4 Å². The summed E-state index contributed by atoms with van der Waals surface area (Å²) < 4.78 is 32.0. The SMILES string of the molecule is Cc1cc(Cl)ccc1NC(=O)c1cccc(S(=O)(=O)N2CCOCC2)c1. The van der Waals surface area contributed by atoms with Crippen LogP contribution in [0.15, 0.2) is 47.4 Å². The zero-order chi connectivity index (χ0) is 18.7. The molecule has 0 aliphatic carbocycles. The van der Waals surface area contributed by atoms with Gasteiger partial charge in [0.05, 0.1) is 18.1 Å². The van der Waals surface area contributed by atoms with Gasteiger partial charge in [-0.3, -0.25) is 4.79 Å². The Labute approximate surface area is 157 Å². The van der Waals surface area contributed by atoms with Gasteiger partial charge in [-0.1, -0.05) is 17.7 Å². The van der Waals surface area contributed by atoms with Gasteiger partial charge in [-0.25, -0.2) is 8.42 Å². The third kappa shape index (κ3) is 4.07. The highest BCUT2D eigenvalue weighted by atomic mass is 35.5. The minimum absolute atomic E-state index is 0.0971. The second-order valence-electron chi connectivity index (χ2n) is 5.96. The van der Waals surface area contributed by atoms with E-state index in [4.69, 9.17) is 16.3 Å². The molecule has 0 unspecified atom stereocenters. The van der Waals surface area contributed by atoms with Crippen LogP contribution in [0.2, 0.25) is 5.02 Å². The van der Waals surface area contributed by atoms with E-state index in [1.54, 1.807) is 30.3 Å². The van der Waals surface area contributed by atoms with Crippen LogP contribution in [0.25, 0.3) is 0 Å². The van der Waals surface area contributed by atoms with Crippen LogP contribution >= 0.6 is 11.6 Å². The number of nitrogens with one attached hydrogen (secondary N) is 1. The first kappa shape index (κ1) is 18.8. The van der Waals surface area contributed by atoms with Crippen molar-refractivity contribution in [2.24, 2.45) is 0 Å². The van der Waals surface area contributed by atoms with Gasteiger partial charge in [-0.05, 0) is 48.9 Å². The molecule has 8 heteroatoms. The van der Waals surface area contributed by atoms with Gasteiger partial charge in [0.25, 0.3) is 5.91 Å². The predicted molar refractivity (Wildman–Crippen MR) is 100 cm³/mol. The Morgan fingerprint density at radius 3 is 2.58 bits per heavy atom. The maximum absolute atomic E-state index is 12.7. The van der Waals surface area contributed by atoms with Crippen LogP contribution in [0.3, 0.4) is 0 Å². The van der Waals surface area contributed by atoms with Crippen molar-refractivity contribution in [3.63, 3.8) is 0 Å². The Kier molecular flexibility index (Phi) is 5.62. The van der Waals surface area contributed by atoms with E-state index in [1.807, 2.05) is 6.92 Å². The first-order valence-corrected chi connectivity index (χ1v) is 9.95. The fraction of sp³-hybridized carbons (Fsp3) is 0.278. The lowest BCUT2D eigenvalue weighted by Gasteiger charge is -2.26. The highest BCUT2D eigenvalue weighted by Gasteiger charge is 2.26. The normalized spacial score (nSPS) is 15.6. The Morgan fingerprint density at radius 1 is 1.15 bits per heavy atom. The summed E-state index contributed by atoms with van der Waals surface area (Å²) in [7, 11) is -3.65. The highest BCUT2D eigenvalue weighted by Crippen LogP contribution is 2.22. The lowest BCUT2D eigenvalue weighted by molar-refractivity contribution is 0.0730. The number of amides is 1. The molecule has 0 spiro atoms. The predicted octanol–water partition coefficient (Wildman–Crippen LogP) is 2.92. The molecular weight excluding hydrogens is 376 g/mol. The molecule has 3 rings (SSSR count). The average molecular weight is 395 g/mol. The monoisotopic (exact) mass is 394 g/mol. The van der Waals surface area contributed by atoms with E-state index >= 15 is 0 Å². The number of hydrogen-bond acceptors (Lipinski definition) is 4. The van der Waals surface area contributed by atoms with Gasteiger partial charge in [0.15, 0.2) is 0 Å². The number of nitrogens with zero attached hydrogens (tertiary/aromatic N) is 1. The van der Waals surface area contributed by atoms with Crippen LogP contribution in [0.4, 0.5) is 5.69 Å². The molecule has 138 valence electrons. The smallest absolute Gasteiger partial charge is 0.255 e. The molecule has 0 radical (unpaired) electrons. The molecule has 0 aromatic heterocycles. The molecule has 1 N–H and O–H groups in total. The molecule has 1 amide bonds. The standard InChI is InChI=1S/C18H19ClN2O4S/c1-13-11-15(19)5-6-17(13)20-18(22)14-3-2-4-16(12-14)26(23,24)21-7-9-25-10-8-21/h2-6,11-12H,7-10H2,1H3,(H,20,22). The molecule has 6 nitrogen and oxygen atoms in total. The van der Waals surface area contributed by atoms with Crippen LogP contribution in [0, 0.1) is 6.92 Å². The fourth-order valence-electron chi connectivity index (χ4n) is 2.70. The second kappa shape index (κ2) is 7.75. The topological polar surface area (TPSA) is 75.7 Å². The van der Waals surface area contributed by atoms with Crippen molar-refractivity contribution in [3.8, 4) is 0 Å². The summed E-state index contributed by atoms with van der Waals surface area (Å²) in [5.41, 5.74) is 1.72. The summed E-state index contributed by atoms with van der Waals surface area (Å²) in [5, 5.41) is 3.37. The summed E-state index contributed by atoms with van der Waals surface area (Å²) in [6, 6.07) is 11.2. The van der Waals surface area contributed by atoms with E-state index in [-0.39, 0.29) is 16.4 Å². The van der Waals surface area contributed by atoms with E-state index in [9.17, 15) is 13.2 Å². The number of morpholine rings is 1. The maximum atomic E-state index is 12.7. The van der Waals surface area contributed by atoms with Gasteiger partial charge in [-0.15, -0.1) is 0 Å². The van der Waals surface area contributed by atoms with Crippen LogP contribution < -0.4 is 5.32 Å². The molecule has 1 saturated heterocycles. The Bertz CT molecular complexity index is 925. The number of benzene rings is 2. The Hall–Kier alpha value is -1.93. The van der Waals surface area contributed by atoms with E-state index in [2.05, 4.69) is 5.32 Å². The number of hydrogen-bond donors (Lipinski definition) is 1. The molecule has 0 atom stereocenters. The quantitative estimate of drug-likeness (QED) is 0.865. The van der Waals surface area contributed by atoms with Crippen molar-refractivity contribution < 1.29 is 17.9 Å². The molecule has 1 heterocycles. The fourth-order valence-corrected chi connectivity index (χ4v) is 4.38. The minimum atomic E-state index is -3.65. The van der Waals surface area contributed by atoms with Gasteiger partial charge in [0, 0.05) is 29.4 Å². The first-order chi connectivity index (χ1) is 12.4. The number of ether oxygens (including phenoxy) is 1. The summed E-state index contributed by atoms with van der Waals surface area (Å²) in [5.74, 6) is -0.380. The lowest BCUT2D eigenvalue weighted by Crippen LogP contribution is -2.40. The third-order valence-corrected chi connectivity index (χ3v) is 6.27. The lowest BCUT2D eigenvalue weighted by atomic mass is 10.1. The van der Waals surface area contributed by atoms with Crippen LogP contribution in [0.5, 0.6) is 0 Å². The molecule has 1 aliphatic heterocycles. The van der Waals surface area contributed by atoms with Crippen LogP contribution in [-0.2, 0) is 14.8 Å². The maximum Gasteiger partial charge on any atom is 0.255 e. The van der Waals surface area contributed by atoms with Crippen molar-refractivity contribution in [1.29, 1.82) is 0 Å². The van der Waals surface area contributed by atoms with E-state index in [0.29, 0.717) is 37.0 Å². The van der Waals surface area contributed by atoms with E-state index in [0.717, 1.165) is 5.56 Å². The molecule has 2 aromatic rings. The number of carbonyl (C=O) groups is 1.